The lowest BCUT2D eigenvalue weighted by atomic mass is 10.2. The lowest BCUT2D eigenvalue weighted by molar-refractivity contribution is 0.0992. The SMILES string of the molecule is Cc1ccc(-n2nc(C)c(NC(=O)c3ccc(COc4ccc(F)cc4)o3)c2C)cc1. The second-order valence-electron chi connectivity index (χ2n) is 7.26. The average molecular weight is 419 g/mol. The quantitative estimate of drug-likeness (QED) is 0.457. The molecular formula is C24H22FN3O3. The zero-order valence-electron chi connectivity index (χ0n) is 17.5. The normalized spacial score (nSPS) is 10.8. The Morgan fingerprint density at radius 1 is 1.03 bits per heavy atom. The van der Waals surface area contributed by atoms with Gasteiger partial charge in [-0.2, -0.15) is 5.10 Å². The Morgan fingerprint density at radius 2 is 1.74 bits per heavy atom. The largest absolute Gasteiger partial charge is 0.486 e. The molecule has 158 valence electrons. The summed E-state index contributed by atoms with van der Waals surface area (Å²) in [4.78, 5) is 12.7. The Bertz CT molecular complexity index is 1210. The molecule has 2 aromatic heterocycles. The number of carbonyl (C=O) groups excluding carboxylic acids is 1. The highest BCUT2D eigenvalue weighted by molar-refractivity contribution is 6.03. The lowest BCUT2D eigenvalue weighted by Crippen LogP contribution is -2.12. The average Bonchev–Trinajstić information content (AvgIpc) is 3.34. The fraction of sp³-hybridized carbons (Fsp3) is 0.167. The summed E-state index contributed by atoms with van der Waals surface area (Å²) in [5, 5.41) is 7.45. The van der Waals surface area contributed by atoms with Crippen LogP contribution in [0.3, 0.4) is 0 Å². The van der Waals surface area contributed by atoms with Gasteiger partial charge in [0.05, 0.1) is 22.8 Å². The number of amides is 1. The van der Waals surface area contributed by atoms with Crippen molar-refractivity contribution in [2.45, 2.75) is 27.4 Å². The van der Waals surface area contributed by atoms with Crippen molar-refractivity contribution in [3.8, 4) is 11.4 Å². The van der Waals surface area contributed by atoms with E-state index in [2.05, 4.69) is 10.4 Å². The standard InChI is InChI=1S/C24H22FN3O3/c1-15-4-8-19(9-5-15)28-17(3)23(16(2)27-28)26-24(29)22-13-12-21(31-22)14-30-20-10-6-18(25)7-11-20/h4-13H,14H2,1-3H3,(H,26,29). The minimum absolute atomic E-state index is 0.127. The van der Waals surface area contributed by atoms with Crippen LogP contribution in [0.15, 0.2) is 65.1 Å². The molecule has 0 unspecified atom stereocenters. The van der Waals surface area contributed by atoms with Crippen LogP contribution in [0.5, 0.6) is 5.75 Å². The molecule has 0 saturated carbocycles. The van der Waals surface area contributed by atoms with Crippen LogP contribution in [0.25, 0.3) is 5.69 Å². The maximum Gasteiger partial charge on any atom is 0.291 e. The molecule has 0 aliphatic carbocycles. The number of rotatable bonds is 6. The lowest BCUT2D eigenvalue weighted by Gasteiger charge is -2.07. The van der Waals surface area contributed by atoms with Crippen LogP contribution >= 0.6 is 0 Å². The number of aromatic nitrogens is 2. The summed E-state index contributed by atoms with van der Waals surface area (Å²) < 4.78 is 25.9. The van der Waals surface area contributed by atoms with Crippen LogP contribution < -0.4 is 10.1 Å². The van der Waals surface area contributed by atoms with Crippen LogP contribution in [-0.4, -0.2) is 15.7 Å². The zero-order valence-corrected chi connectivity index (χ0v) is 17.5. The van der Waals surface area contributed by atoms with E-state index in [0.717, 1.165) is 16.9 Å². The molecule has 0 aliphatic heterocycles. The van der Waals surface area contributed by atoms with Crippen molar-refractivity contribution in [1.82, 2.24) is 9.78 Å². The summed E-state index contributed by atoms with van der Waals surface area (Å²) in [5.74, 6) is 0.458. The second kappa shape index (κ2) is 8.47. The van der Waals surface area contributed by atoms with Crippen molar-refractivity contribution in [3.63, 3.8) is 0 Å². The second-order valence-corrected chi connectivity index (χ2v) is 7.26. The van der Waals surface area contributed by atoms with Gasteiger partial charge in [0, 0.05) is 0 Å². The van der Waals surface area contributed by atoms with Crippen molar-refractivity contribution in [1.29, 1.82) is 0 Å². The summed E-state index contributed by atoms with van der Waals surface area (Å²) in [5.41, 5.74) is 4.26. The van der Waals surface area contributed by atoms with Gasteiger partial charge in [0.2, 0.25) is 0 Å². The van der Waals surface area contributed by atoms with Crippen LogP contribution in [0.1, 0.15) is 33.3 Å². The monoisotopic (exact) mass is 419 g/mol. The van der Waals surface area contributed by atoms with Crippen LogP contribution in [0, 0.1) is 26.6 Å². The first-order valence-electron chi connectivity index (χ1n) is 9.82. The van der Waals surface area contributed by atoms with Gasteiger partial charge in [0.1, 0.15) is 23.9 Å². The van der Waals surface area contributed by atoms with Gasteiger partial charge in [-0.15, -0.1) is 0 Å². The van der Waals surface area contributed by atoms with E-state index in [-0.39, 0.29) is 24.1 Å². The Kier molecular flexibility index (Phi) is 5.58. The number of furan rings is 1. The van der Waals surface area contributed by atoms with E-state index in [4.69, 9.17) is 9.15 Å². The molecule has 6 nitrogen and oxygen atoms in total. The summed E-state index contributed by atoms with van der Waals surface area (Å²) >= 11 is 0. The highest BCUT2D eigenvalue weighted by Crippen LogP contribution is 2.24. The first-order valence-corrected chi connectivity index (χ1v) is 9.82. The van der Waals surface area contributed by atoms with Gasteiger partial charge in [0.25, 0.3) is 5.91 Å². The number of hydrogen-bond donors (Lipinski definition) is 1. The molecule has 31 heavy (non-hydrogen) atoms. The number of anilines is 1. The molecule has 0 spiro atoms. The van der Waals surface area contributed by atoms with E-state index in [0.29, 0.717) is 22.9 Å². The van der Waals surface area contributed by atoms with Gasteiger partial charge in [-0.25, -0.2) is 9.07 Å². The minimum Gasteiger partial charge on any atom is -0.486 e. The predicted octanol–water partition coefficient (Wildman–Crippen LogP) is 5.36. The van der Waals surface area contributed by atoms with Crippen LogP contribution in [0.2, 0.25) is 0 Å². The van der Waals surface area contributed by atoms with Crippen molar-refractivity contribution in [3.05, 3.63) is 95.0 Å². The van der Waals surface area contributed by atoms with Gasteiger partial charge in [-0.1, -0.05) is 17.7 Å². The highest BCUT2D eigenvalue weighted by atomic mass is 19.1. The van der Waals surface area contributed by atoms with Crippen molar-refractivity contribution >= 4 is 11.6 Å². The van der Waals surface area contributed by atoms with Crippen molar-refractivity contribution in [2.75, 3.05) is 5.32 Å². The molecule has 7 heteroatoms. The van der Waals surface area contributed by atoms with Crippen LogP contribution in [0.4, 0.5) is 10.1 Å². The number of nitrogens with zero attached hydrogens (tertiary/aromatic N) is 2. The van der Waals surface area contributed by atoms with E-state index in [1.807, 2.05) is 45.0 Å². The molecule has 0 bridgehead atoms. The number of carbonyl (C=O) groups is 1. The summed E-state index contributed by atoms with van der Waals surface area (Å²) in [6, 6.07) is 17.0. The Morgan fingerprint density at radius 3 is 2.45 bits per heavy atom. The maximum atomic E-state index is 13.0. The first-order chi connectivity index (χ1) is 14.9. The van der Waals surface area contributed by atoms with E-state index in [1.165, 1.54) is 24.3 Å². The highest BCUT2D eigenvalue weighted by Gasteiger charge is 2.18. The van der Waals surface area contributed by atoms with Gasteiger partial charge in [-0.05, 0) is 69.3 Å². The van der Waals surface area contributed by atoms with Crippen LogP contribution in [-0.2, 0) is 6.61 Å². The molecule has 0 saturated heterocycles. The molecule has 0 aliphatic rings. The number of nitrogens with one attached hydrogen (secondary N) is 1. The molecule has 2 aromatic carbocycles. The Balaban J connectivity index is 1.45. The number of hydrogen-bond acceptors (Lipinski definition) is 4. The molecule has 1 N–H and O–H groups in total. The molecule has 0 radical (unpaired) electrons. The van der Waals surface area contributed by atoms with E-state index < -0.39 is 0 Å². The Hall–Kier alpha value is -3.87. The minimum atomic E-state index is -0.373. The molecule has 1 amide bonds. The smallest absolute Gasteiger partial charge is 0.291 e. The van der Waals surface area contributed by atoms with Crippen molar-refractivity contribution < 1.29 is 18.3 Å². The number of ether oxygens (including phenoxy) is 1. The summed E-state index contributed by atoms with van der Waals surface area (Å²) in [6.45, 7) is 5.90. The number of aryl methyl sites for hydroxylation is 2. The van der Waals surface area contributed by atoms with E-state index >= 15 is 0 Å². The zero-order chi connectivity index (χ0) is 22.0. The predicted molar refractivity (Wildman–Crippen MR) is 115 cm³/mol. The molecular weight excluding hydrogens is 397 g/mol. The van der Waals surface area contributed by atoms with Crippen molar-refractivity contribution in [2.24, 2.45) is 0 Å². The third kappa shape index (κ3) is 4.50. The molecule has 2 heterocycles. The van der Waals surface area contributed by atoms with E-state index in [1.54, 1.807) is 16.8 Å². The topological polar surface area (TPSA) is 69.3 Å². The molecule has 0 fully saturated rings. The summed E-state index contributed by atoms with van der Waals surface area (Å²) in [7, 11) is 0. The number of benzene rings is 2. The Labute approximate surface area is 179 Å². The molecule has 0 atom stereocenters. The van der Waals surface area contributed by atoms with Gasteiger partial charge in [0.15, 0.2) is 5.76 Å². The molecule has 4 aromatic rings. The fourth-order valence-electron chi connectivity index (χ4n) is 3.20. The van der Waals surface area contributed by atoms with Gasteiger partial charge >= 0.3 is 0 Å². The third-order valence-electron chi connectivity index (χ3n) is 4.89. The van der Waals surface area contributed by atoms with E-state index in [9.17, 15) is 9.18 Å². The maximum absolute atomic E-state index is 13.0. The molecule has 4 rings (SSSR count). The van der Waals surface area contributed by atoms with Gasteiger partial charge in [-0.3, -0.25) is 4.79 Å². The third-order valence-corrected chi connectivity index (χ3v) is 4.89. The number of halogens is 1. The first kappa shape index (κ1) is 20.4. The van der Waals surface area contributed by atoms with Gasteiger partial charge < -0.3 is 14.5 Å². The summed E-state index contributed by atoms with van der Waals surface area (Å²) in [6.07, 6.45) is 0. The fourth-order valence-corrected chi connectivity index (χ4v) is 3.20.